The Labute approximate surface area is 59.5 Å². The van der Waals surface area contributed by atoms with Gasteiger partial charge in [-0.3, -0.25) is 5.41 Å². The molecule has 0 aliphatic rings. The van der Waals surface area contributed by atoms with Crippen LogP contribution in [0.3, 0.4) is 0 Å². The van der Waals surface area contributed by atoms with E-state index in [2.05, 4.69) is 0 Å². The molecule has 4 heteroatoms. The van der Waals surface area contributed by atoms with Crippen molar-refractivity contribution in [3.05, 3.63) is 0 Å². The third kappa shape index (κ3) is 7.78. The van der Waals surface area contributed by atoms with Crippen LogP contribution in [0.4, 0.5) is 0 Å². The van der Waals surface area contributed by atoms with Crippen LogP contribution in [0.1, 0.15) is 6.42 Å². The lowest BCUT2D eigenvalue weighted by Crippen LogP contribution is -2.05. The number of hydrogen-bond donors (Lipinski definition) is 2. The largest absolute Gasteiger partial charge is 0.385 e. The summed E-state index contributed by atoms with van der Waals surface area (Å²) in [6.45, 7) is 0.750. The first-order valence-electron chi connectivity index (χ1n) is 2.73. The first-order valence-corrected chi connectivity index (χ1v) is 3.71. The van der Waals surface area contributed by atoms with Gasteiger partial charge in [-0.15, -0.1) is 0 Å². The van der Waals surface area contributed by atoms with Crippen molar-refractivity contribution in [2.24, 2.45) is 5.73 Å². The molecule has 9 heavy (non-hydrogen) atoms. The molecule has 0 unspecified atom stereocenters. The van der Waals surface area contributed by atoms with Crippen LogP contribution in [0.5, 0.6) is 0 Å². The number of thioether (sulfide) groups is 1. The highest BCUT2D eigenvalue weighted by Crippen LogP contribution is 1.99. The van der Waals surface area contributed by atoms with Gasteiger partial charge in [0.2, 0.25) is 0 Å². The van der Waals surface area contributed by atoms with E-state index in [4.69, 9.17) is 15.9 Å². The molecule has 0 radical (unpaired) electrons. The van der Waals surface area contributed by atoms with E-state index in [1.807, 2.05) is 0 Å². The molecule has 0 aromatic carbocycles. The number of rotatable bonds is 4. The average molecular weight is 148 g/mol. The molecule has 0 aliphatic carbocycles. The lowest BCUT2D eigenvalue weighted by atomic mass is 10.5. The average Bonchev–Trinajstić information content (AvgIpc) is 1.80. The molecule has 0 bridgehead atoms. The molecule has 0 saturated heterocycles. The molecule has 0 rings (SSSR count). The highest BCUT2D eigenvalue weighted by atomic mass is 32.2. The molecule has 0 aliphatic heterocycles. The number of nitrogens with two attached hydrogens (primary N) is 1. The standard InChI is InChI=1S/C5H12N2OS/c1-8-3-2-4-9-5(6)7/h2-4H2,1H3,(H3,6,7). The highest BCUT2D eigenvalue weighted by molar-refractivity contribution is 8.13. The summed E-state index contributed by atoms with van der Waals surface area (Å²) in [6, 6.07) is 0. The maximum atomic E-state index is 6.83. The first-order chi connectivity index (χ1) is 4.27. The Morgan fingerprint density at radius 1 is 1.78 bits per heavy atom. The van der Waals surface area contributed by atoms with Gasteiger partial charge in [-0.1, -0.05) is 11.8 Å². The summed E-state index contributed by atoms with van der Waals surface area (Å²) >= 11 is 1.35. The van der Waals surface area contributed by atoms with Gasteiger partial charge in [-0.05, 0) is 6.42 Å². The first kappa shape index (κ1) is 8.78. The monoisotopic (exact) mass is 148 g/mol. The zero-order valence-electron chi connectivity index (χ0n) is 5.52. The summed E-state index contributed by atoms with van der Waals surface area (Å²) in [6.07, 6.45) is 0.959. The van der Waals surface area contributed by atoms with E-state index in [0.717, 1.165) is 18.8 Å². The second-order valence-corrected chi connectivity index (χ2v) is 2.70. The SMILES string of the molecule is COCCCSC(=N)N. The topological polar surface area (TPSA) is 59.1 Å². The van der Waals surface area contributed by atoms with Gasteiger partial charge in [0.15, 0.2) is 5.17 Å². The molecule has 0 saturated carbocycles. The second kappa shape index (κ2) is 5.91. The van der Waals surface area contributed by atoms with Crippen molar-refractivity contribution in [2.75, 3.05) is 19.5 Å². The van der Waals surface area contributed by atoms with Crippen molar-refractivity contribution in [2.45, 2.75) is 6.42 Å². The normalized spacial score (nSPS) is 9.44. The van der Waals surface area contributed by atoms with Crippen LogP contribution in [0, 0.1) is 5.41 Å². The molecular formula is C5H12N2OS. The van der Waals surface area contributed by atoms with Gasteiger partial charge in [-0.25, -0.2) is 0 Å². The van der Waals surface area contributed by atoms with Crippen LogP contribution in [0.15, 0.2) is 0 Å². The summed E-state index contributed by atoms with van der Waals surface area (Å²) in [5.74, 6) is 0.878. The fourth-order valence-electron chi connectivity index (χ4n) is 0.385. The summed E-state index contributed by atoms with van der Waals surface area (Å²) in [4.78, 5) is 0. The van der Waals surface area contributed by atoms with Gasteiger partial charge in [0.05, 0.1) is 0 Å². The molecule has 0 aromatic rings. The lowest BCUT2D eigenvalue weighted by molar-refractivity contribution is 0.200. The van der Waals surface area contributed by atoms with Crippen molar-refractivity contribution >= 4 is 16.9 Å². The zero-order valence-corrected chi connectivity index (χ0v) is 6.33. The number of ether oxygens (including phenoxy) is 1. The van der Waals surface area contributed by atoms with Gasteiger partial charge >= 0.3 is 0 Å². The minimum Gasteiger partial charge on any atom is -0.385 e. The van der Waals surface area contributed by atoms with Gasteiger partial charge in [-0.2, -0.15) is 0 Å². The van der Waals surface area contributed by atoms with E-state index in [0.29, 0.717) is 0 Å². The fraction of sp³-hybridized carbons (Fsp3) is 0.800. The van der Waals surface area contributed by atoms with Gasteiger partial charge < -0.3 is 10.5 Å². The van der Waals surface area contributed by atoms with Gasteiger partial charge in [0.25, 0.3) is 0 Å². The van der Waals surface area contributed by atoms with Gasteiger partial charge in [0, 0.05) is 19.5 Å². The Morgan fingerprint density at radius 2 is 2.44 bits per heavy atom. The molecule has 0 amide bonds. The molecule has 3 nitrogen and oxygen atoms in total. The molecule has 0 spiro atoms. The minimum atomic E-state index is 0.186. The summed E-state index contributed by atoms with van der Waals surface area (Å²) < 4.78 is 4.80. The lowest BCUT2D eigenvalue weighted by Gasteiger charge is -1.96. The van der Waals surface area contributed by atoms with Crippen LogP contribution >= 0.6 is 11.8 Å². The predicted molar refractivity (Wildman–Crippen MR) is 40.9 cm³/mol. The van der Waals surface area contributed by atoms with E-state index in [-0.39, 0.29) is 5.17 Å². The van der Waals surface area contributed by atoms with E-state index < -0.39 is 0 Å². The Hall–Kier alpha value is -0.220. The summed E-state index contributed by atoms with van der Waals surface area (Å²) in [7, 11) is 1.67. The number of hydrogen-bond acceptors (Lipinski definition) is 3. The Morgan fingerprint density at radius 3 is 2.89 bits per heavy atom. The zero-order chi connectivity index (χ0) is 7.11. The molecule has 0 aromatic heterocycles. The minimum absolute atomic E-state index is 0.186. The van der Waals surface area contributed by atoms with Crippen molar-refractivity contribution in [1.29, 1.82) is 5.41 Å². The third-order valence-corrected chi connectivity index (χ3v) is 1.55. The van der Waals surface area contributed by atoms with E-state index in [1.165, 1.54) is 11.8 Å². The number of methoxy groups -OCH3 is 1. The molecule has 0 heterocycles. The quantitative estimate of drug-likeness (QED) is 0.349. The molecule has 3 N–H and O–H groups in total. The smallest absolute Gasteiger partial charge is 0.151 e. The van der Waals surface area contributed by atoms with Crippen LogP contribution in [0.2, 0.25) is 0 Å². The van der Waals surface area contributed by atoms with Crippen LogP contribution in [-0.2, 0) is 4.74 Å². The predicted octanol–water partition coefficient (Wildman–Crippen LogP) is 0.650. The van der Waals surface area contributed by atoms with E-state index in [1.54, 1.807) is 7.11 Å². The van der Waals surface area contributed by atoms with Crippen molar-refractivity contribution in [3.8, 4) is 0 Å². The summed E-state index contributed by atoms with van der Waals surface area (Å²) in [5, 5.41) is 7.02. The second-order valence-electron chi connectivity index (χ2n) is 1.56. The van der Waals surface area contributed by atoms with Crippen molar-refractivity contribution in [1.82, 2.24) is 0 Å². The van der Waals surface area contributed by atoms with Crippen LogP contribution in [0.25, 0.3) is 0 Å². The number of amidine groups is 1. The van der Waals surface area contributed by atoms with E-state index >= 15 is 0 Å². The summed E-state index contributed by atoms with van der Waals surface area (Å²) in [5.41, 5.74) is 5.08. The number of nitrogens with one attached hydrogen (secondary N) is 1. The Bertz CT molecular complexity index is 87.0. The molecular weight excluding hydrogens is 136 g/mol. The van der Waals surface area contributed by atoms with Crippen LogP contribution < -0.4 is 5.73 Å². The highest BCUT2D eigenvalue weighted by Gasteiger charge is 1.89. The van der Waals surface area contributed by atoms with Gasteiger partial charge in [0.1, 0.15) is 0 Å². The molecule has 0 atom stereocenters. The maximum absolute atomic E-state index is 6.83. The fourth-order valence-corrected chi connectivity index (χ4v) is 0.867. The molecule has 54 valence electrons. The Kier molecular flexibility index (Phi) is 5.76. The Balaban J connectivity index is 2.83. The molecule has 0 fully saturated rings. The third-order valence-electron chi connectivity index (χ3n) is 0.750. The van der Waals surface area contributed by atoms with E-state index in [9.17, 15) is 0 Å². The maximum Gasteiger partial charge on any atom is 0.151 e. The van der Waals surface area contributed by atoms with Crippen molar-refractivity contribution in [3.63, 3.8) is 0 Å². The van der Waals surface area contributed by atoms with Crippen LogP contribution in [-0.4, -0.2) is 24.6 Å². The van der Waals surface area contributed by atoms with Crippen molar-refractivity contribution < 1.29 is 4.74 Å².